The highest BCUT2D eigenvalue weighted by Crippen LogP contribution is 2.23. The topological polar surface area (TPSA) is 55.1 Å². The number of carbonyl (C=O) groups is 1. The molecule has 3 aromatic rings. The Kier molecular flexibility index (Phi) is 4.90. The fourth-order valence-electron chi connectivity index (χ4n) is 2.44. The van der Waals surface area contributed by atoms with Crippen LogP contribution in [0.15, 0.2) is 52.1 Å². The van der Waals surface area contributed by atoms with E-state index in [0.29, 0.717) is 5.22 Å². The number of hydrogen-bond acceptors (Lipinski definition) is 4. The molecule has 24 heavy (non-hydrogen) atoms. The van der Waals surface area contributed by atoms with Crippen LogP contribution in [0.5, 0.6) is 0 Å². The number of fused-ring (bicyclic) bond motifs is 1. The third-order valence-electron chi connectivity index (χ3n) is 4.01. The van der Waals surface area contributed by atoms with Gasteiger partial charge in [-0.15, -0.1) is 0 Å². The number of nitrogens with one attached hydrogen (secondary N) is 1. The molecule has 1 atom stereocenters. The van der Waals surface area contributed by atoms with Crippen molar-refractivity contribution in [2.75, 3.05) is 5.75 Å². The van der Waals surface area contributed by atoms with Crippen LogP contribution in [-0.2, 0) is 4.79 Å². The Bertz CT molecular complexity index is 840. The molecule has 5 heteroatoms. The molecule has 1 aromatic heterocycles. The van der Waals surface area contributed by atoms with Crippen molar-refractivity contribution in [3.05, 3.63) is 59.2 Å². The average molecular weight is 340 g/mol. The van der Waals surface area contributed by atoms with Gasteiger partial charge in [0.15, 0.2) is 5.58 Å². The molecule has 1 unspecified atom stereocenters. The van der Waals surface area contributed by atoms with Crippen molar-refractivity contribution in [3.8, 4) is 0 Å². The monoisotopic (exact) mass is 340 g/mol. The number of rotatable bonds is 5. The van der Waals surface area contributed by atoms with Gasteiger partial charge in [0, 0.05) is 0 Å². The SMILES string of the molecule is Cc1ccc(C(C)NC(=O)CSc2nc3ccccc3o2)cc1C. The lowest BCUT2D eigenvalue weighted by Gasteiger charge is -2.15. The van der Waals surface area contributed by atoms with Gasteiger partial charge in [0.05, 0.1) is 11.8 Å². The molecule has 0 spiro atoms. The maximum atomic E-state index is 12.2. The minimum absolute atomic E-state index is 0.0268. The summed E-state index contributed by atoms with van der Waals surface area (Å²) in [5, 5.41) is 3.54. The number of nitrogens with zero attached hydrogens (tertiary/aromatic N) is 1. The van der Waals surface area contributed by atoms with Gasteiger partial charge in [0.1, 0.15) is 5.52 Å². The maximum absolute atomic E-state index is 12.2. The summed E-state index contributed by atoms with van der Waals surface area (Å²) in [5.41, 5.74) is 5.14. The standard InChI is InChI=1S/C19H20N2O2S/c1-12-8-9-15(10-13(12)2)14(3)20-18(22)11-24-19-21-16-6-4-5-7-17(16)23-19/h4-10,14H,11H2,1-3H3,(H,20,22). The lowest BCUT2D eigenvalue weighted by molar-refractivity contribution is -0.119. The molecule has 2 aromatic carbocycles. The third kappa shape index (κ3) is 3.79. The van der Waals surface area contributed by atoms with Crippen molar-refractivity contribution in [1.29, 1.82) is 0 Å². The van der Waals surface area contributed by atoms with Crippen molar-refractivity contribution in [3.63, 3.8) is 0 Å². The number of para-hydroxylation sites is 2. The van der Waals surface area contributed by atoms with Crippen LogP contribution in [0, 0.1) is 13.8 Å². The van der Waals surface area contributed by atoms with Gasteiger partial charge in [-0.2, -0.15) is 0 Å². The van der Waals surface area contributed by atoms with E-state index < -0.39 is 0 Å². The quantitative estimate of drug-likeness (QED) is 0.699. The number of amides is 1. The Morgan fingerprint density at radius 2 is 2.00 bits per heavy atom. The highest BCUT2D eigenvalue weighted by atomic mass is 32.2. The van der Waals surface area contributed by atoms with Crippen LogP contribution in [0.4, 0.5) is 0 Å². The van der Waals surface area contributed by atoms with Crippen LogP contribution in [0.25, 0.3) is 11.1 Å². The van der Waals surface area contributed by atoms with Crippen LogP contribution in [0.1, 0.15) is 29.7 Å². The molecule has 0 aliphatic rings. The van der Waals surface area contributed by atoms with E-state index >= 15 is 0 Å². The van der Waals surface area contributed by atoms with Gasteiger partial charge >= 0.3 is 0 Å². The van der Waals surface area contributed by atoms with Gasteiger partial charge in [-0.25, -0.2) is 4.98 Å². The number of aromatic nitrogens is 1. The number of hydrogen-bond donors (Lipinski definition) is 1. The fraction of sp³-hybridized carbons (Fsp3) is 0.263. The summed E-state index contributed by atoms with van der Waals surface area (Å²) in [7, 11) is 0. The molecule has 0 bridgehead atoms. The van der Waals surface area contributed by atoms with E-state index in [1.165, 1.54) is 22.9 Å². The zero-order chi connectivity index (χ0) is 17.1. The first-order chi connectivity index (χ1) is 11.5. The van der Waals surface area contributed by atoms with Crippen LogP contribution in [-0.4, -0.2) is 16.6 Å². The summed E-state index contributed by atoms with van der Waals surface area (Å²) in [5.74, 6) is 0.245. The van der Waals surface area contributed by atoms with Crippen LogP contribution >= 0.6 is 11.8 Å². The number of carbonyl (C=O) groups excluding carboxylic acids is 1. The summed E-state index contributed by atoms with van der Waals surface area (Å²) in [6.45, 7) is 6.15. The molecular formula is C19H20N2O2S. The number of aryl methyl sites for hydroxylation is 2. The zero-order valence-electron chi connectivity index (χ0n) is 14.0. The zero-order valence-corrected chi connectivity index (χ0v) is 14.8. The predicted molar refractivity (Wildman–Crippen MR) is 97.2 cm³/mol. The van der Waals surface area contributed by atoms with E-state index in [1.807, 2.05) is 31.2 Å². The van der Waals surface area contributed by atoms with Crippen molar-refractivity contribution in [1.82, 2.24) is 10.3 Å². The molecule has 0 fully saturated rings. The molecule has 0 aliphatic carbocycles. The Balaban J connectivity index is 1.57. The van der Waals surface area contributed by atoms with Gasteiger partial charge in [-0.05, 0) is 49.6 Å². The lowest BCUT2D eigenvalue weighted by Crippen LogP contribution is -2.28. The largest absolute Gasteiger partial charge is 0.431 e. The summed E-state index contributed by atoms with van der Waals surface area (Å²) in [4.78, 5) is 16.5. The number of benzene rings is 2. The van der Waals surface area contributed by atoms with Gasteiger partial charge in [0.2, 0.25) is 5.91 Å². The van der Waals surface area contributed by atoms with E-state index in [0.717, 1.165) is 16.7 Å². The maximum Gasteiger partial charge on any atom is 0.257 e. The van der Waals surface area contributed by atoms with E-state index in [4.69, 9.17) is 4.42 Å². The molecule has 1 heterocycles. The van der Waals surface area contributed by atoms with Gasteiger partial charge < -0.3 is 9.73 Å². The van der Waals surface area contributed by atoms with E-state index in [-0.39, 0.29) is 17.7 Å². The van der Waals surface area contributed by atoms with E-state index in [1.54, 1.807) is 0 Å². The first-order valence-corrected chi connectivity index (χ1v) is 8.86. The van der Waals surface area contributed by atoms with Crippen molar-refractivity contribution in [2.45, 2.75) is 32.0 Å². The molecule has 0 saturated carbocycles. The second-order valence-corrected chi connectivity index (χ2v) is 6.80. The fourth-order valence-corrected chi connectivity index (χ4v) is 3.09. The van der Waals surface area contributed by atoms with E-state index in [9.17, 15) is 4.79 Å². The summed E-state index contributed by atoms with van der Waals surface area (Å²) in [6, 6.07) is 13.8. The van der Waals surface area contributed by atoms with E-state index in [2.05, 4.69) is 42.3 Å². The number of oxazole rings is 1. The first kappa shape index (κ1) is 16.6. The minimum atomic E-state index is -0.0343. The number of thioether (sulfide) groups is 1. The van der Waals surface area contributed by atoms with Crippen molar-refractivity contribution < 1.29 is 9.21 Å². The highest BCUT2D eigenvalue weighted by molar-refractivity contribution is 7.99. The summed E-state index contributed by atoms with van der Waals surface area (Å²) >= 11 is 1.31. The molecule has 124 valence electrons. The average Bonchev–Trinajstić information content (AvgIpc) is 2.98. The van der Waals surface area contributed by atoms with Crippen LogP contribution in [0.2, 0.25) is 0 Å². The molecule has 1 N–H and O–H groups in total. The Hall–Kier alpha value is -2.27. The Morgan fingerprint density at radius 1 is 1.21 bits per heavy atom. The lowest BCUT2D eigenvalue weighted by atomic mass is 10.0. The first-order valence-electron chi connectivity index (χ1n) is 7.88. The Morgan fingerprint density at radius 3 is 2.75 bits per heavy atom. The molecule has 0 radical (unpaired) electrons. The highest BCUT2D eigenvalue weighted by Gasteiger charge is 2.13. The van der Waals surface area contributed by atoms with Crippen molar-refractivity contribution >= 4 is 28.8 Å². The summed E-state index contributed by atoms with van der Waals surface area (Å²) < 4.78 is 5.61. The molecule has 3 rings (SSSR count). The van der Waals surface area contributed by atoms with Crippen LogP contribution in [0.3, 0.4) is 0 Å². The molecule has 1 amide bonds. The second kappa shape index (κ2) is 7.09. The second-order valence-electron chi connectivity index (χ2n) is 5.87. The van der Waals surface area contributed by atoms with Gasteiger partial charge in [-0.3, -0.25) is 4.79 Å². The van der Waals surface area contributed by atoms with Gasteiger partial charge in [0.25, 0.3) is 5.22 Å². The third-order valence-corrected chi connectivity index (χ3v) is 4.84. The van der Waals surface area contributed by atoms with Crippen molar-refractivity contribution in [2.24, 2.45) is 0 Å². The minimum Gasteiger partial charge on any atom is -0.431 e. The molecule has 0 aliphatic heterocycles. The molecule has 0 saturated heterocycles. The van der Waals surface area contributed by atoms with Crippen LogP contribution < -0.4 is 5.32 Å². The summed E-state index contributed by atoms with van der Waals surface area (Å²) in [6.07, 6.45) is 0. The molecule has 4 nitrogen and oxygen atoms in total. The Labute approximate surface area is 145 Å². The normalized spacial score (nSPS) is 12.3. The van der Waals surface area contributed by atoms with Gasteiger partial charge in [-0.1, -0.05) is 42.1 Å². The smallest absolute Gasteiger partial charge is 0.257 e. The molecular weight excluding hydrogens is 320 g/mol. The predicted octanol–water partition coefficient (Wildman–Crippen LogP) is 4.41.